The lowest BCUT2D eigenvalue weighted by atomic mass is 10.2. The van der Waals surface area contributed by atoms with Crippen LogP contribution in [0.4, 0.5) is 0 Å². The van der Waals surface area contributed by atoms with E-state index in [1.165, 1.54) is 0 Å². The van der Waals surface area contributed by atoms with Gasteiger partial charge in [-0.3, -0.25) is 9.89 Å². The van der Waals surface area contributed by atoms with E-state index in [1.807, 2.05) is 0 Å². The molecule has 0 bridgehead atoms. The lowest BCUT2D eigenvalue weighted by Gasteiger charge is -2.25. The van der Waals surface area contributed by atoms with Gasteiger partial charge in [-0.1, -0.05) is 20.8 Å². The number of halogens is 1. The minimum atomic E-state index is 0. The van der Waals surface area contributed by atoms with E-state index in [-0.39, 0.29) is 24.0 Å². The first-order chi connectivity index (χ1) is 10.5. The van der Waals surface area contributed by atoms with Gasteiger partial charge in [-0.15, -0.1) is 24.0 Å². The Kier molecular flexibility index (Phi) is 18.3. The van der Waals surface area contributed by atoms with Crippen molar-refractivity contribution in [3.63, 3.8) is 0 Å². The Labute approximate surface area is 161 Å². The van der Waals surface area contributed by atoms with Crippen LogP contribution in [0.3, 0.4) is 0 Å². The smallest absolute Gasteiger partial charge is 0.191 e. The van der Waals surface area contributed by atoms with Crippen LogP contribution in [0.1, 0.15) is 48.0 Å². The molecule has 0 unspecified atom stereocenters. The van der Waals surface area contributed by atoms with Gasteiger partial charge in [0.1, 0.15) is 0 Å². The van der Waals surface area contributed by atoms with Gasteiger partial charge in [0.15, 0.2) is 5.96 Å². The van der Waals surface area contributed by atoms with Crippen molar-refractivity contribution in [1.82, 2.24) is 15.5 Å². The number of rotatable bonds is 12. The van der Waals surface area contributed by atoms with Gasteiger partial charge in [0, 0.05) is 45.4 Å². The Bertz CT molecular complexity index is 286. The zero-order valence-corrected chi connectivity index (χ0v) is 18.4. The van der Waals surface area contributed by atoms with E-state index in [0.717, 1.165) is 58.3 Å². The monoisotopic (exact) mass is 442 g/mol. The van der Waals surface area contributed by atoms with Crippen LogP contribution in [-0.4, -0.2) is 62.8 Å². The van der Waals surface area contributed by atoms with E-state index < -0.39 is 0 Å². The van der Waals surface area contributed by atoms with Crippen molar-refractivity contribution < 1.29 is 4.74 Å². The highest BCUT2D eigenvalue weighted by atomic mass is 127. The maximum Gasteiger partial charge on any atom is 0.191 e. The van der Waals surface area contributed by atoms with E-state index in [2.05, 4.69) is 62.1 Å². The van der Waals surface area contributed by atoms with Crippen LogP contribution in [0.2, 0.25) is 0 Å². The Hall–Kier alpha value is -0.0800. The summed E-state index contributed by atoms with van der Waals surface area (Å²) in [4.78, 5) is 7.03. The van der Waals surface area contributed by atoms with Crippen molar-refractivity contribution >= 4 is 29.9 Å². The molecule has 0 saturated carbocycles. The molecular formula is C17H39IN4O. The predicted octanol–water partition coefficient (Wildman–Crippen LogP) is 2.95. The lowest BCUT2D eigenvalue weighted by Crippen LogP contribution is -2.43. The van der Waals surface area contributed by atoms with Gasteiger partial charge in [-0.05, 0) is 39.7 Å². The minimum Gasteiger partial charge on any atom is -0.381 e. The quantitative estimate of drug-likeness (QED) is 0.211. The molecule has 0 aliphatic carbocycles. The Balaban J connectivity index is 0. The predicted molar refractivity (Wildman–Crippen MR) is 112 cm³/mol. The fourth-order valence-electron chi connectivity index (χ4n) is 2.12. The third-order valence-corrected chi connectivity index (χ3v) is 3.34. The van der Waals surface area contributed by atoms with Gasteiger partial charge in [0.05, 0.1) is 0 Å². The molecule has 0 spiro atoms. The normalized spacial score (nSPS) is 12.0. The Morgan fingerprint density at radius 2 is 1.83 bits per heavy atom. The van der Waals surface area contributed by atoms with E-state index in [1.54, 1.807) is 0 Å². The van der Waals surface area contributed by atoms with Gasteiger partial charge in [0.25, 0.3) is 0 Å². The third-order valence-electron chi connectivity index (χ3n) is 3.34. The van der Waals surface area contributed by atoms with Gasteiger partial charge >= 0.3 is 0 Å². The summed E-state index contributed by atoms with van der Waals surface area (Å²) in [5, 5.41) is 6.70. The van der Waals surface area contributed by atoms with Gasteiger partial charge in [-0.2, -0.15) is 0 Å². The molecule has 23 heavy (non-hydrogen) atoms. The second-order valence-corrected chi connectivity index (χ2v) is 6.23. The van der Waals surface area contributed by atoms with E-state index in [0.29, 0.717) is 12.0 Å². The molecule has 0 saturated heterocycles. The van der Waals surface area contributed by atoms with Gasteiger partial charge < -0.3 is 15.4 Å². The summed E-state index contributed by atoms with van der Waals surface area (Å²) in [5.74, 6) is 1.51. The standard InChI is InChI=1S/C17H38N4O.HI/c1-7-18-17(19-10-9-13-22-14-15(3)4)20-11-12-21(8-2)16(5)6;/h15-16H,7-14H2,1-6H3,(H2,18,19,20);1H. The highest BCUT2D eigenvalue weighted by Crippen LogP contribution is 1.95. The second kappa shape index (κ2) is 16.8. The Morgan fingerprint density at radius 3 is 2.35 bits per heavy atom. The fraction of sp³-hybridized carbons (Fsp3) is 0.941. The molecule has 0 atom stereocenters. The van der Waals surface area contributed by atoms with Crippen LogP contribution in [0.25, 0.3) is 0 Å². The third kappa shape index (κ3) is 15.2. The summed E-state index contributed by atoms with van der Waals surface area (Å²) in [6, 6.07) is 0.587. The first kappa shape index (κ1) is 25.2. The lowest BCUT2D eigenvalue weighted by molar-refractivity contribution is 0.109. The van der Waals surface area contributed by atoms with E-state index in [4.69, 9.17) is 4.74 Å². The summed E-state index contributed by atoms with van der Waals surface area (Å²) in [5.41, 5.74) is 0. The topological polar surface area (TPSA) is 48.9 Å². The number of hydrogen-bond donors (Lipinski definition) is 2. The molecule has 0 amide bonds. The largest absolute Gasteiger partial charge is 0.381 e. The minimum absolute atomic E-state index is 0. The molecule has 0 aromatic heterocycles. The summed E-state index contributed by atoms with van der Waals surface area (Å²) >= 11 is 0. The number of hydrogen-bond acceptors (Lipinski definition) is 3. The number of ether oxygens (including phenoxy) is 1. The summed E-state index contributed by atoms with van der Waals surface area (Å²) in [7, 11) is 0. The van der Waals surface area contributed by atoms with Crippen molar-refractivity contribution in [3.05, 3.63) is 0 Å². The highest BCUT2D eigenvalue weighted by molar-refractivity contribution is 14.0. The van der Waals surface area contributed by atoms with Crippen LogP contribution in [-0.2, 0) is 4.74 Å². The SMILES string of the molecule is CCNC(=NCCCOCC(C)C)NCCN(CC)C(C)C.I. The van der Waals surface area contributed by atoms with Crippen LogP contribution in [0.5, 0.6) is 0 Å². The van der Waals surface area contributed by atoms with Crippen LogP contribution in [0.15, 0.2) is 4.99 Å². The number of aliphatic imine (C=N–C) groups is 1. The average molecular weight is 442 g/mol. The zero-order valence-electron chi connectivity index (χ0n) is 16.0. The van der Waals surface area contributed by atoms with Crippen molar-refractivity contribution in [1.29, 1.82) is 0 Å². The summed E-state index contributed by atoms with van der Waals surface area (Å²) in [6.45, 7) is 19.5. The molecule has 0 aromatic rings. The molecule has 0 fully saturated rings. The van der Waals surface area contributed by atoms with Crippen LogP contribution < -0.4 is 10.6 Å². The molecule has 140 valence electrons. The van der Waals surface area contributed by atoms with Crippen LogP contribution >= 0.6 is 24.0 Å². The molecular weight excluding hydrogens is 403 g/mol. The maximum absolute atomic E-state index is 5.57. The molecule has 0 aromatic carbocycles. The maximum atomic E-state index is 5.57. The van der Waals surface area contributed by atoms with Crippen molar-refractivity contribution in [2.45, 2.75) is 54.0 Å². The number of nitrogens with zero attached hydrogens (tertiary/aromatic N) is 2. The summed E-state index contributed by atoms with van der Waals surface area (Å²) < 4.78 is 5.57. The Morgan fingerprint density at radius 1 is 1.13 bits per heavy atom. The molecule has 2 N–H and O–H groups in total. The fourth-order valence-corrected chi connectivity index (χ4v) is 2.12. The van der Waals surface area contributed by atoms with Crippen molar-refractivity contribution in [2.75, 3.05) is 45.9 Å². The van der Waals surface area contributed by atoms with Crippen molar-refractivity contribution in [2.24, 2.45) is 10.9 Å². The first-order valence-electron chi connectivity index (χ1n) is 8.85. The molecule has 0 aliphatic heterocycles. The van der Waals surface area contributed by atoms with E-state index >= 15 is 0 Å². The van der Waals surface area contributed by atoms with Crippen molar-refractivity contribution in [3.8, 4) is 0 Å². The first-order valence-corrected chi connectivity index (χ1v) is 8.85. The molecule has 0 aliphatic rings. The molecule has 0 heterocycles. The summed E-state index contributed by atoms with van der Waals surface area (Å²) in [6.07, 6.45) is 0.969. The van der Waals surface area contributed by atoms with Crippen LogP contribution in [0, 0.1) is 5.92 Å². The molecule has 0 radical (unpaired) electrons. The van der Waals surface area contributed by atoms with E-state index in [9.17, 15) is 0 Å². The number of nitrogens with one attached hydrogen (secondary N) is 2. The number of likely N-dealkylation sites (N-methyl/N-ethyl adjacent to an activating group) is 1. The molecule has 6 heteroatoms. The zero-order chi connectivity index (χ0) is 16.8. The molecule has 0 rings (SSSR count). The average Bonchev–Trinajstić information content (AvgIpc) is 2.46. The van der Waals surface area contributed by atoms with Gasteiger partial charge in [-0.25, -0.2) is 0 Å². The highest BCUT2D eigenvalue weighted by Gasteiger charge is 2.06. The van der Waals surface area contributed by atoms with Gasteiger partial charge in [0.2, 0.25) is 0 Å². The number of guanidine groups is 1. The second-order valence-electron chi connectivity index (χ2n) is 6.23. The molecule has 5 nitrogen and oxygen atoms in total.